The number of ether oxygens (including phenoxy) is 1. The molecule has 0 saturated carbocycles. The predicted molar refractivity (Wildman–Crippen MR) is 127 cm³/mol. The van der Waals surface area contributed by atoms with Crippen molar-refractivity contribution in [1.82, 2.24) is 20.1 Å². The Labute approximate surface area is 201 Å². The minimum absolute atomic E-state index is 0.140. The van der Waals surface area contributed by atoms with E-state index in [1.54, 1.807) is 11.3 Å². The van der Waals surface area contributed by atoms with Crippen LogP contribution in [-0.2, 0) is 11.3 Å². The van der Waals surface area contributed by atoms with E-state index in [1.807, 2.05) is 30.0 Å². The molecule has 7 nitrogen and oxygen atoms in total. The van der Waals surface area contributed by atoms with Crippen LogP contribution >= 0.6 is 11.3 Å². The average molecular weight is 491 g/mol. The third kappa shape index (κ3) is 6.47. The molecular formula is C24H28F2N4O3S. The number of amides is 1. The number of piperazine rings is 1. The molecule has 1 aromatic heterocycles. The molecule has 182 valence electrons. The number of aromatic nitrogens is 1. The fourth-order valence-corrected chi connectivity index (χ4v) is 4.74. The molecule has 1 aliphatic heterocycles. The summed E-state index contributed by atoms with van der Waals surface area (Å²) in [7, 11) is 0. The quantitative estimate of drug-likeness (QED) is 0.480. The number of benzene rings is 2. The number of halogens is 2. The first kappa shape index (κ1) is 24.5. The van der Waals surface area contributed by atoms with E-state index in [0.717, 1.165) is 15.2 Å². The van der Waals surface area contributed by atoms with E-state index in [2.05, 4.69) is 15.2 Å². The Balaban J connectivity index is 1.15. The molecule has 1 saturated heterocycles. The Kier molecular flexibility index (Phi) is 8.04. The zero-order valence-electron chi connectivity index (χ0n) is 19.0. The summed E-state index contributed by atoms with van der Waals surface area (Å²) in [4.78, 5) is 20.8. The van der Waals surface area contributed by atoms with E-state index in [9.17, 15) is 18.7 Å². The lowest BCUT2D eigenvalue weighted by molar-refractivity contribution is -0.122. The lowest BCUT2D eigenvalue weighted by Gasteiger charge is -2.35. The molecule has 1 aliphatic rings. The van der Waals surface area contributed by atoms with Crippen molar-refractivity contribution in [3.63, 3.8) is 0 Å². The summed E-state index contributed by atoms with van der Waals surface area (Å²) in [6, 6.07) is 9.38. The lowest BCUT2D eigenvalue weighted by atomic mass is 10.2. The fourth-order valence-electron chi connectivity index (χ4n) is 3.93. The van der Waals surface area contributed by atoms with Crippen molar-refractivity contribution in [2.75, 3.05) is 45.9 Å². The molecule has 1 amide bonds. The van der Waals surface area contributed by atoms with Gasteiger partial charge in [0.25, 0.3) is 0 Å². The van der Waals surface area contributed by atoms with Crippen molar-refractivity contribution in [1.29, 1.82) is 0 Å². The first-order chi connectivity index (χ1) is 16.4. The number of rotatable bonds is 9. The highest BCUT2D eigenvalue weighted by Gasteiger charge is 2.21. The van der Waals surface area contributed by atoms with Gasteiger partial charge in [-0.2, -0.15) is 0 Å². The molecular weight excluding hydrogens is 462 g/mol. The van der Waals surface area contributed by atoms with Gasteiger partial charge in [-0.15, -0.1) is 11.3 Å². The van der Waals surface area contributed by atoms with Crippen LogP contribution < -0.4 is 10.1 Å². The van der Waals surface area contributed by atoms with Gasteiger partial charge in [-0.25, -0.2) is 13.8 Å². The second-order valence-electron chi connectivity index (χ2n) is 8.38. The topological polar surface area (TPSA) is 77.9 Å². The Morgan fingerprint density at radius 2 is 1.88 bits per heavy atom. The van der Waals surface area contributed by atoms with Crippen molar-refractivity contribution in [3.05, 3.63) is 58.6 Å². The molecule has 34 heavy (non-hydrogen) atoms. The standard InChI is InChI=1S/C24H28F2N4O3S/c1-16-28-22-11-18(5-6-23(22)34-16)33-15-17(31)13-29-7-9-30(10-8-29)14-24(32)27-12-19-20(25)3-2-4-21(19)26/h2-6,11,17,31H,7-10,12-15H2,1H3,(H,27,32). The summed E-state index contributed by atoms with van der Waals surface area (Å²) in [6.45, 7) is 5.34. The number of thiazole rings is 1. The van der Waals surface area contributed by atoms with Crippen LogP contribution in [0.5, 0.6) is 5.75 Å². The first-order valence-electron chi connectivity index (χ1n) is 11.2. The van der Waals surface area contributed by atoms with Crippen LogP contribution in [0.15, 0.2) is 36.4 Å². The number of β-amino-alcohol motifs (C(OH)–C–C–N with tert-alkyl or cyclic N) is 1. The van der Waals surface area contributed by atoms with E-state index >= 15 is 0 Å². The Bertz CT molecular complexity index is 1110. The van der Waals surface area contributed by atoms with E-state index in [-0.39, 0.29) is 31.2 Å². The lowest BCUT2D eigenvalue weighted by Crippen LogP contribution is -2.51. The van der Waals surface area contributed by atoms with Gasteiger partial charge >= 0.3 is 0 Å². The number of aliphatic hydroxyl groups is 1. The van der Waals surface area contributed by atoms with Crippen molar-refractivity contribution in [2.24, 2.45) is 0 Å². The number of aliphatic hydroxyl groups excluding tert-OH is 1. The molecule has 1 unspecified atom stereocenters. The summed E-state index contributed by atoms with van der Waals surface area (Å²) < 4.78 is 34.2. The highest BCUT2D eigenvalue weighted by atomic mass is 32.1. The van der Waals surface area contributed by atoms with Crippen molar-refractivity contribution < 1.29 is 23.4 Å². The van der Waals surface area contributed by atoms with Gasteiger partial charge in [-0.3, -0.25) is 14.6 Å². The predicted octanol–water partition coefficient (Wildman–Crippen LogP) is 2.56. The van der Waals surface area contributed by atoms with Crippen molar-refractivity contribution >= 4 is 27.5 Å². The summed E-state index contributed by atoms with van der Waals surface area (Å²) in [6.07, 6.45) is -0.640. The highest BCUT2D eigenvalue weighted by Crippen LogP contribution is 2.25. The third-order valence-corrected chi connectivity index (χ3v) is 6.69. The molecule has 1 atom stereocenters. The minimum atomic E-state index is -0.671. The maximum atomic E-state index is 13.7. The van der Waals surface area contributed by atoms with Crippen LogP contribution in [0.25, 0.3) is 10.2 Å². The zero-order chi connectivity index (χ0) is 24.1. The van der Waals surface area contributed by atoms with E-state index in [4.69, 9.17) is 4.74 Å². The first-order valence-corrected chi connectivity index (χ1v) is 12.0. The molecule has 0 aliphatic carbocycles. The van der Waals surface area contributed by atoms with Crippen molar-refractivity contribution in [3.8, 4) is 5.75 Å². The van der Waals surface area contributed by atoms with Crippen LogP contribution in [0.2, 0.25) is 0 Å². The Morgan fingerprint density at radius 3 is 2.62 bits per heavy atom. The third-order valence-electron chi connectivity index (χ3n) is 5.73. The number of aryl methyl sites for hydroxylation is 1. The summed E-state index contributed by atoms with van der Waals surface area (Å²) in [5.41, 5.74) is 0.757. The van der Waals surface area contributed by atoms with Gasteiger partial charge in [0.05, 0.1) is 21.8 Å². The molecule has 4 rings (SSSR count). The zero-order valence-corrected chi connectivity index (χ0v) is 19.8. The van der Waals surface area contributed by atoms with Crippen LogP contribution in [0.4, 0.5) is 8.78 Å². The van der Waals surface area contributed by atoms with Gasteiger partial charge < -0.3 is 15.2 Å². The number of hydrogen-bond acceptors (Lipinski definition) is 7. The number of fused-ring (bicyclic) bond motifs is 1. The maximum Gasteiger partial charge on any atom is 0.234 e. The molecule has 2 aromatic carbocycles. The highest BCUT2D eigenvalue weighted by molar-refractivity contribution is 7.18. The van der Waals surface area contributed by atoms with Gasteiger partial charge in [0, 0.05) is 50.9 Å². The van der Waals surface area contributed by atoms with Crippen LogP contribution in [0, 0.1) is 18.6 Å². The Hall–Kier alpha value is -2.66. The molecule has 10 heteroatoms. The minimum Gasteiger partial charge on any atom is -0.491 e. The molecule has 0 spiro atoms. The number of nitrogens with one attached hydrogen (secondary N) is 1. The number of nitrogens with zero attached hydrogens (tertiary/aromatic N) is 3. The number of hydrogen-bond donors (Lipinski definition) is 2. The van der Waals surface area contributed by atoms with E-state index in [0.29, 0.717) is 38.5 Å². The van der Waals surface area contributed by atoms with Crippen LogP contribution in [0.3, 0.4) is 0 Å². The van der Waals surface area contributed by atoms with E-state index in [1.165, 1.54) is 18.2 Å². The molecule has 0 radical (unpaired) electrons. The van der Waals surface area contributed by atoms with E-state index < -0.39 is 17.7 Å². The molecule has 2 N–H and O–H groups in total. The Morgan fingerprint density at radius 1 is 1.18 bits per heavy atom. The van der Waals surface area contributed by atoms with Gasteiger partial charge in [-0.05, 0) is 31.2 Å². The fraction of sp³-hybridized carbons (Fsp3) is 0.417. The molecule has 1 fully saturated rings. The summed E-state index contributed by atoms with van der Waals surface area (Å²) in [5, 5.41) is 14.0. The van der Waals surface area contributed by atoms with Gasteiger partial charge in [-0.1, -0.05) is 6.07 Å². The summed E-state index contributed by atoms with van der Waals surface area (Å²) in [5.74, 6) is -0.940. The number of carbonyl (C=O) groups is 1. The largest absolute Gasteiger partial charge is 0.491 e. The smallest absolute Gasteiger partial charge is 0.234 e. The van der Waals surface area contributed by atoms with Gasteiger partial charge in [0.15, 0.2) is 0 Å². The van der Waals surface area contributed by atoms with Crippen LogP contribution in [-0.4, -0.2) is 77.8 Å². The van der Waals surface area contributed by atoms with Gasteiger partial charge in [0.2, 0.25) is 5.91 Å². The SMILES string of the molecule is Cc1nc2cc(OCC(O)CN3CCN(CC(=O)NCc4c(F)cccc4F)CC3)ccc2s1. The normalized spacial score (nSPS) is 16.0. The van der Waals surface area contributed by atoms with Crippen LogP contribution in [0.1, 0.15) is 10.6 Å². The molecule has 3 aromatic rings. The second kappa shape index (κ2) is 11.2. The summed E-state index contributed by atoms with van der Waals surface area (Å²) >= 11 is 1.63. The monoisotopic (exact) mass is 490 g/mol. The molecule has 2 heterocycles. The second-order valence-corrected chi connectivity index (χ2v) is 9.62. The molecule has 0 bridgehead atoms. The number of carbonyl (C=O) groups excluding carboxylic acids is 1. The maximum absolute atomic E-state index is 13.7. The average Bonchev–Trinajstić information content (AvgIpc) is 3.18. The van der Waals surface area contributed by atoms with Gasteiger partial charge in [0.1, 0.15) is 30.1 Å². The van der Waals surface area contributed by atoms with Crippen molar-refractivity contribution in [2.45, 2.75) is 19.6 Å².